The lowest BCUT2D eigenvalue weighted by Gasteiger charge is -2.29. The van der Waals surface area contributed by atoms with E-state index < -0.39 is 79.8 Å². The lowest BCUT2D eigenvalue weighted by molar-refractivity contribution is -0.159. The van der Waals surface area contributed by atoms with Crippen molar-refractivity contribution in [2.24, 2.45) is 22.7 Å². The topological polar surface area (TPSA) is 174 Å². The van der Waals surface area contributed by atoms with E-state index in [1.54, 1.807) is 39.0 Å². The lowest BCUT2D eigenvalue weighted by Crippen LogP contribution is -2.46. The Hall–Kier alpha value is -4.14. The maximum atomic E-state index is 14.6. The van der Waals surface area contributed by atoms with Crippen LogP contribution < -0.4 is 4.72 Å². The number of carbonyl (C=O) groups excluding carboxylic acids is 6. The van der Waals surface area contributed by atoms with Crippen LogP contribution in [0.5, 0.6) is 0 Å². The van der Waals surface area contributed by atoms with Crippen LogP contribution in [0, 0.1) is 28.5 Å². The average Bonchev–Trinajstić information content (AvgIpc) is 3.98. The third-order valence-corrected chi connectivity index (χ3v) is 12.7. The van der Waals surface area contributed by atoms with E-state index in [9.17, 15) is 41.6 Å². The van der Waals surface area contributed by atoms with Crippen LogP contribution in [0.1, 0.15) is 117 Å². The van der Waals surface area contributed by atoms with E-state index in [-0.39, 0.29) is 75.3 Å². The van der Waals surface area contributed by atoms with Crippen LogP contribution in [0.3, 0.4) is 0 Å². The van der Waals surface area contributed by atoms with Crippen LogP contribution in [0.2, 0.25) is 0 Å². The van der Waals surface area contributed by atoms with Crippen LogP contribution in [0.15, 0.2) is 30.4 Å². The summed E-state index contributed by atoms with van der Waals surface area (Å²) in [5.74, 6) is -4.58. The molecule has 56 heavy (non-hydrogen) atoms. The van der Waals surface area contributed by atoms with Crippen molar-refractivity contribution in [3.05, 3.63) is 47.3 Å². The number of likely N-dealkylation sites (tertiary alicyclic amines) is 1. The zero-order valence-corrected chi connectivity index (χ0v) is 34.3. The predicted molar refractivity (Wildman–Crippen MR) is 203 cm³/mol. The van der Waals surface area contributed by atoms with Gasteiger partial charge in [0.15, 0.2) is 11.6 Å². The Morgan fingerprint density at radius 1 is 1.05 bits per heavy atom. The highest BCUT2D eigenvalue weighted by atomic mass is 32.2. The fraction of sp³-hybridized carbons (Fsp3) is 0.659. The molecule has 15 heteroatoms. The Bertz CT molecular complexity index is 1880. The zero-order chi connectivity index (χ0) is 41.4. The van der Waals surface area contributed by atoms with Gasteiger partial charge < -0.3 is 14.4 Å². The zero-order valence-electron chi connectivity index (χ0n) is 33.5. The highest BCUT2D eigenvalue weighted by Gasteiger charge is 2.61. The van der Waals surface area contributed by atoms with Crippen LogP contribution in [-0.4, -0.2) is 83.2 Å². The Labute approximate surface area is 329 Å². The summed E-state index contributed by atoms with van der Waals surface area (Å²) in [5.41, 5.74) is -1.40. The molecule has 0 bridgehead atoms. The number of Topliss-reactive ketones (excluding diaryl/α,β-unsaturated/α-hetero) is 1. The average molecular weight is 802 g/mol. The first-order chi connectivity index (χ1) is 26.0. The van der Waals surface area contributed by atoms with Gasteiger partial charge in [-0.25, -0.2) is 17.6 Å². The van der Waals surface area contributed by atoms with Crippen LogP contribution in [0.4, 0.5) is 9.18 Å². The van der Waals surface area contributed by atoms with Crippen molar-refractivity contribution in [1.29, 1.82) is 0 Å². The van der Waals surface area contributed by atoms with Gasteiger partial charge in [-0.2, -0.15) is 0 Å². The second-order valence-corrected chi connectivity index (χ2v) is 19.9. The lowest BCUT2D eigenvalue weighted by atomic mass is 9.90. The number of halogens is 1. The minimum absolute atomic E-state index is 0.0198. The maximum absolute atomic E-state index is 14.6. The van der Waals surface area contributed by atoms with Crippen LogP contribution in [-0.2, 0) is 56.6 Å². The van der Waals surface area contributed by atoms with Crippen molar-refractivity contribution >= 4 is 45.5 Å². The summed E-state index contributed by atoms with van der Waals surface area (Å²) in [7, 11) is -3.89. The van der Waals surface area contributed by atoms with Crippen LogP contribution >= 0.6 is 0 Å². The third kappa shape index (κ3) is 10.6. The van der Waals surface area contributed by atoms with Crippen molar-refractivity contribution in [2.45, 2.75) is 142 Å². The molecule has 0 aromatic heterocycles. The molecule has 1 aromatic carbocycles. The summed E-state index contributed by atoms with van der Waals surface area (Å²) >= 11 is 0. The number of carbonyl (C=O) groups is 6. The van der Waals surface area contributed by atoms with Gasteiger partial charge >= 0.3 is 12.1 Å². The number of benzene rings is 1. The minimum atomic E-state index is -3.89. The Morgan fingerprint density at radius 3 is 2.34 bits per heavy atom. The monoisotopic (exact) mass is 801 g/mol. The number of hydrogen-bond donors (Lipinski definition) is 1. The summed E-state index contributed by atoms with van der Waals surface area (Å²) in [6, 6.07) is 3.39. The number of rotatable bonds is 15. The summed E-state index contributed by atoms with van der Waals surface area (Å²) in [4.78, 5) is 84.6. The standard InChI is InChI=1S/C41H56FN3O10S/c1-8-27-20-41(27,37(50)43-56(52,53)30-14-15-30)21-34(47)33-19-29(54-38(51)44-22-26-10-9-11-32(42)31(26)24-44)23-45(33)36(49)25(18-35(48)55-40(5,6)7)12-13-28(46)16-17-39(2,3)4/h9-11,16-17,25,27,29-30,33H,8,12-15,18-24H2,1-7H3,(H,43,50)/b17-16+/t25-,27-,29-,33+,41-/m1/s1. The quantitative estimate of drug-likeness (QED) is 0.176. The number of fused-ring (bicyclic) bond motifs is 1. The van der Waals surface area contributed by atoms with Gasteiger partial charge in [-0.05, 0) is 75.5 Å². The Morgan fingerprint density at radius 2 is 1.75 bits per heavy atom. The van der Waals surface area contributed by atoms with Gasteiger partial charge in [0.05, 0.1) is 36.2 Å². The molecular weight excluding hydrogens is 746 g/mol. The molecule has 5 atom stereocenters. The molecule has 2 heterocycles. The normalized spacial score (nSPS) is 24.1. The van der Waals surface area contributed by atoms with E-state index in [2.05, 4.69) is 4.72 Å². The molecule has 5 rings (SSSR count). The third-order valence-electron chi connectivity index (χ3n) is 10.9. The fourth-order valence-corrected chi connectivity index (χ4v) is 9.03. The van der Waals surface area contributed by atoms with Crippen molar-refractivity contribution in [1.82, 2.24) is 14.5 Å². The maximum Gasteiger partial charge on any atom is 0.410 e. The van der Waals surface area contributed by atoms with E-state index in [0.717, 1.165) is 0 Å². The summed E-state index contributed by atoms with van der Waals surface area (Å²) in [6.45, 7) is 12.6. The molecule has 4 aliphatic rings. The smallest absolute Gasteiger partial charge is 0.410 e. The summed E-state index contributed by atoms with van der Waals surface area (Å²) in [5, 5.41) is -0.644. The van der Waals surface area contributed by atoms with Gasteiger partial charge in [-0.1, -0.05) is 52.3 Å². The van der Waals surface area contributed by atoms with E-state index in [1.807, 2.05) is 27.7 Å². The van der Waals surface area contributed by atoms with Gasteiger partial charge in [0, 0.05) is 37.3 Å². The SMILES string of the molecule is CC[C@@H]1C[C@]1(CC(=O)[C@@H]1C[C@@H](OC(=O)N2Cc3cccc(F)c3C2)CN1C(=O)[C@H](CCC(=O)/C=C/C(C)(C)C)CC(=O)OC(C)(C)C)C(=O)NS(=O)(=O)C1CC1. The van der Waals surface area contributed by atoms with E-state index in [1.165, 1.54) is 21.9 Å². The number of ether oxygens (including phenoxy) is 2. The molecule has 2 saturated carbocycles. The van der Waals surface area contributed by atoms with E-state index in [4.69, 9.17) is 9.47 Å². The number of nitrogens with one attached hydrogen (secondary N) is 1. The van der Waals surface area contributed by atoms with E-state index in [0.29, 0.717) is 30.4 Å². The first kappa shape index (κ1) is 43.0. The molecule has 0 unspecified atom stereocenters. The minimum Gasteiger partial charge on any atom is -0.460 e. The number of ketones is 2. The molecule has 2 aliphatic carbocycles. The van der Waals surface area contributed by atoms with Crippen molar-refractivity contribution in [3.63, 3.8) is 0 Å². The highest BCUT2D eigenvalue weighted by molar-refractivity contribution is 7.90. The van der Waals surface area contributed by atoms with Crippen molar-refractivity contribution in [2.75, 3.05) is 6.54 Å². The number of sulfonamides is 1. The van der Waals surface area contributed by atoms with Crippen LogP contribution in [0.25, 0.3) is 0 Å². The van der Waals surface area contributed by atoms with E-state index >= 15 is 0 Å². The number of nitrogens with zero attached hydrogens (tertiary/aromatic N) is 2. The molecule has 1 saturated heterocycles. The first-order valence-corrected chi connectivity index (χ1v) is 21.1. The number of esters is 1. The van der Waals surface area contributed by atoms with Gasteiger partial charge in [-0.3, -0.25) is 33.6 Å². The molecule has 3 amide bonds. The number of hydrogen-bond acceptors (Lipinski definition) is 10. The second kappa shape index (κ2) is 16.4. The van der Waals surface area contributed by atoms with Gasteiger partial charge in [-0.15, -0.1) is 0 Å². The fourth-order valence-electron chi connectivity index (χ4n) is 7.65. The Kier molecular flexibility index (Phi) is 12.6. The molecule has 0 radical (unpaired) electrons. The van der Waals surface area contributed by atoms with Crippen molar-refractivity contribution in [3.8, 4) is 0 Å². The number of allylic oxidation sites excluding steroid dienone is 2. The second-order valence-electron chi connectivity index (χ2n) is 18.0. The molecule has 13 nitrogen and oxygen atoms in total. The predicted octanol–water partition coefficient (Wildman–Crippen LogP) is 5.53. The van der Waals surface area contributed by atoms with Gasteiger partial charge in [0.1, 0.15) is 17.5 Å². The molecular formula is C41H56FN3O10S. The molecule has 1 aromatic rings. The molecule has 3 fully saturated rings. The highest BCUT2D eigenvalue weighted by Crippen LogP contribution is 2.58. The molecule has 1 N–H and O–H groups in total. The van der Waals surface area contributed by atoms with Gasteiger partial charge in [0.2, 0.25) is 21.8 Å². The largest absolute Gasteiger partial charge is 0.460 e. The van der Waals surface area contributed by atoms with Crippen molar-refractivity contribution < 1.29 is 51.0 Å². The van der Waals surface area contributed by atoms with Gasteiger partial charge in [0.25, 0.3) is 0 Å². The molecule has 0 spiro atoms. The summed E-state index contributed by atoms with van der Waals surface area (Å²) in [6.07, 6.45) is 2.22. The molecule has 2 aliphatic heterocycles. The first-order valence-electron chi connectivity index (χ1n) is 19.6. The molecule has 308 valence electrons. The summed E-state index contributed by atoms with van der Waals surface area (Å²) < 4.78 is 53.6. The number of amides is 3. The Balaban J connectivity index is 1.39.